The van der Waals surface area contributed by atoms with Crippen molar-refractivity contribution in [1.82, 2.24) is 5.32 Å². The minimum atomic E-state index is -4.33. The van der Waals surface area contributed by atoms with Crippen LogP contribution in [-0.2, 0) is 18.4 Å². The minimum Gasteiger partial charge on any atom is -0.391 e. The SMILES string of the molecule is CC/C=C\C/C=C\C/C=C\C/C=C\C/C=C\C/C=C\C/C=C\C/C=C\C/C=C\CCCCCCCCCCCCCC(=O)NC(COP(=O)(O)OCC[N+](C)(C)C)C(O)CCCCCCCCCCCCCCCCC. The number of allylic oxidation sites excluding steroid dienone is 18. The molecule has 0 aromatic heterocycles. The Morgan fingerprint density at radius 2 is 0.789 bits per heavy atom. The van der Waals surface area contributed by atoms with E-state index in [0.29, 0.717) is 23.9 Å². The van der Waals surface area contributed by atoms with E-state index in [4.69, 9.17) is 9.05 Å². The van der Waals surface area contributed by atoms with Crippen molar-refractivity contribution in [3.63, 3.8) is 0 Å². The summed E-state index contributed by atoms with van der Waals surface area (Å²) in [6.45, 7) is 4.78. The number of aliphatic hydroxyl groups is 1. The molecule has 0 rings (SSSR count). The Morgan fingerprint density at radius 3 is 1.16 bits per heavy atom. The van der Waals surface area contributed by atoms with E-state index in [1.54, 1.807) is 0 Å². The molecule has 9 heteroatoms. The second-order valence-corrected chi connectivity index (χ2v) is 23.5. The van der Waals surface area contributed by atoms with Crippen molar-refractivity contribution < 1.29 is 32.9 Å². The lowest BCUT2D eigenvalue weighted by Gasteiger charge is -2.26. The van der Waals surface area contributed by atoms with E-state index < -0.39 is 20.0 Å². The van der Waals surface area contributed by atoms with Crippen molar-refractivity contribution in [3.8, 4) is 0 Å². The number of aliphatic hydroxyl groups excluding tert-OH is 1. The highest BCUT2D eigenvalue weighted by Crippen LogP contribution is 2.43. The number of nitrogens with zero attached hydrogens (tertiary/aromatic N) is 1. The fourth-order valence-corrected chi connectivity index (χ4v) is 9.42. The van der Waals surface area contributed by atoms with Crippen molar-refractivity contribution in [2.75, 3.05) is 40.9 Å². The summed E-state index contributed by atoms with van der Waals surface area (Å²) >= 11 is 0. The molecule has 8 nitrogen and oxygen atoms in total. The summed E-state index contributed by atoms with van der Waals surface area (Å²) in [5.41, 5.74) is 0. The van der Waals surface area contributed by atoms with E-state index >= 15 is 0 Å². The van der Waals surface area contributed by atoms with Gasteiger partial charge in [0.1, 0.15) is 13.2 Å². The molecular formula is C67H120N2O6P+. The highest BCUT2D eigenvalue weighted by Gasteiger charge is 2.28. The van der Waals surface area contributed by atoms with Crippen LogP contribution < -0.4 is 5.32 Å². The lowest BCUT2D eigenvalue weighted by atomic mass is 10.0. The normalized spacial score (nSPS) is 14.6. The molecule has 0 aromatic carbocycles. The molecule has 1 amide bonds. The Morgan fingerprint density at radius 1 is 0.461 bits per heavy atom. The molecule has 0 aliphatic rings. The Balaban J connectivity index is 4.06. The van der Waals surface area contributed by atoms with Gasteiger partial charge in [-0.25, -0.2) is 4.57 Å². The maximum absolute atomic E-state index is 13.0. The Kier molecular flexibility index (Phi) is 54.7. The minimum absolute atomic E-state index is 0.0702. The van der Waals surface area contributed by atoms with Gasteiger partial charge in [0.15, 0.2) is 0 Å². The number of likely N-dealkylation sites (N-methyl/N-ethyl adjacent to an activating group) is 1. The van der Waals surface area contributed by atoms with Gasteiger partial charge in [-0.3, -0.25) is 13.8 Å². The first-order chi connectivity index (χ1) is 37.0. The van der Waals surface area contributed by atoms with Crippen molar-refractivity contribution in [2.45, 2.75) is 270 Å². The third-order valence-electron chi connectivity index (χ3n) is 13.5. The van der Waals surface area contributed by atoms with Gasteiger partial charge in [0.05, 0.1) is 39.9 Å². The number of hydrogen-bond donors (Lipinski definition) is 3. The Labute approximate surface area is 470 Å². The topological polar surface area (TPSA) is 105 Å². The van der Waals surface area contributed by atoms with Gasteiger partial charge in [0.2, 0.25) is 5.91 Å². The van der Waals surface area contributed by atoms with Gasteiger partial charge in [-0.15, -0.1) is 0 Å². The van der Waals surface area contributed by atoms with Crippen molar-refractivity contribution in [1.29, 1.82) is 0 Å². The lowest BCUT2D eigenvalue weighted by molar-refractivity contribution is -0.870. The van der Waals surface area contributed by atoms with Crippen LogP contribution in [0.1, 0.15) is 258 Å². The monoisotopic (exact) mass is 1080 g/mol. The van der Waals surface area contributed by atoms with Gasteiger partial charge < -0.3 is 19.8 Å². The average Bonchev–Trinajstić information content (AvgIpc) is 3.38. The molecule has 0 spiro atoms. The van der Waals surface area contributed by atoms with Crippen LogP contribution >= 0.6 is 7.82 Å². The zero-order chi connectivity index (χ0) is 55.6. The number of nitrogens with one attached hydrogen (secondary N) is 1. The molecule has 0 heterocycles. The van der Waals surface area contributed by atoms with Gasteiger partial charge in [-0.05, 0) is 83.5 Å². The first kappa shape index (κ1) is 73.2. The van der Waals surface area contributed by atoms with Gasteiger partial charge in [-0.1, -0.05) is 277 Å². The van der Waals surface area contributed by atoms with Gasteiger partial charge in [-0.2, -0.15) is 0 Å². The second-order valence-electron chi connectivity index (χ2n) is 22.1. The standard InChI is InChI=1S/C67H119N2O6P/c1-6-8-10-12-14-16-18-20-22-23-24-25-26-27-28-29-30-31-32-33-34-35-36-37-38-39-40-41-42-43-44-45-47-49-51-53-55-57-59-61-67(71)68-65(64-75-76(72,73)74-63-62-69(3,4)5)66(70)60-58-56-54-52-50-48-46-21-19-17-15-13-11-9-7-2/h8,10,14,16,20,22,24-25,27-28,30-31,33-34,36-37,39-40,65-66,70H,6-7,9,11-13,15,17-19,21,23,26,29,32,35,38,41-64H2,1-5H3,(H-,68,71,72,73)/p+1/b10-8-,16-14-,22-20-,25-24-,28-27-,31-30-,34-33-,37-36-,40-39-. The molecule has 0 aliphatic heterocycles. The first-order valence-electron chi connectivity index (χ1n) is 31.3. The van der Waals surface area contributed by atoms with E-state index in [1.807, 2.05) is 21.1 Å². The molecule has 0 radical (unpaired) electrons. The summed E-state index contributed by atoms with van der Waals surface area (Å²) in [6.07, 6.45) is 83.0. The van der Waals surface area contributed by atoms with Gasteiger partial charge in [0.25, 0.3) is 0 Å². The highest BCUT2D eigenvalue weighted by atomic mass is 31.2. The molecule has 76 heavy (non-hydrogen) atoms. The van der Waals surface area contributed by atoms with E-state index in [9.17, 15) is 19.4 Å². The van der Waals surface area contributed by atoms with E-state index in [1.165, 1.54) is 135 Å². The molecule has 0 aliphatic carbocycles. The summed E-state index contributed by atoms with van der Waals surface area (Å²) in [4.78, 5) is 23.3. The molecule has 3 unspecified atom stereocenters. The molecular weight excluding hydrogens is 960 g/mol. The highest BCUT2D eigenvalue weighted by molar-refractivity contribution is 7.47. The van der Waals surface area contributed by atoms with Crippen molar-refractivity contribution >= 4 is 13.7 Å². The fourth-order valence-electron chi connectivity index (χ4n) is 8.69. The van der Waals surface area contributed by atoms with E-state index in [0.717, 1.165) is 96.3 Å². The fraction of sp³-hybridized carbons (Fsp3) is 0.716. The van der Waals surface area contributed by atoms with E-state index in [2.05, 4.69) is 129 Å². The average molecular weight is 1080 g/mol. The smallest absolute Gasteiger partial charge is 0.391 e. The number of amides is 1. The quantitative estimate of drug-likeness (QED) is 0.0243. The molecule has 0 fully saturated rings. The Bertz CT molecular complexity index is 1600. The molecule has 3 atom stereocenters. The summed E-state index contributed by atoms with van der Waals surface area (Å²) in [5.74, 6) is -0.150. The van der Waals surface area contributed by atoms with Crippen LogP contribution in [0.5, 0.6) is 0 Å². The first-order valence-corrected chi connectivity index (χ1v) is 32.7. The third kappa shape index (κ3) is 58.8. The molecule has 0 aromatic rings. The molecule has 0 saturated heterocycles. The summed E-state index contributed by atoms with van der Waals surface area (Å²) < 4.78 is 23.8. The summed E-state index contributed by atoms with van der Waals surface area (Å²) in [5, 5.41) is 14.1. The molecule has 0 saturated carbocycles. The number of unbranched alkanes of at least 4 members (excludes halogenated alkanes) is 25. The van der Waals surface area contributed by atoms with Gasteiger partial charge >= 0.3 is 7.82 Å². The number of quaternary nitrogens is 1. The largest absolute Gasteiger partial charge is 0.472 e. The number of carbonyl (C=O) groups excluding carboxylic acids is 1. The zero-order valence-electron chi connectivity index (χ0n) is 50.0. The number of phosphoric ester groups is 1. The van der Waals surface area contributed by atoms with Crippen LogP contribution in [0.4, 0.5) is 0 Å². The molecule has 3 N–H and O–H groups in total. The predicted octanol–water partition coefficient (Wildman–Crippen LogP) is 19.5. The molecule has 0 bridgehead atoms. The maximum Gasteiger partial charge on any atom is 0.472 e. The van der Waals surface area contributed by atoms with Crippen LogP contribution in [0, 0.1) is 0 Å². The lowest BCUT2D eigenvalue weighted by Crippen LogP contribution is -2.46. The predicted molar refractivity (Wildman–Crippen MR) is 332 cm³/mol. The van der Waals surface area contributed by atoms with Crippen LogP contribution in [0.25, 0.3) is 0 Å². The van der Waals surface area contributed by atoms with Crippen LogP contribution in [0.2, 0.25) is 0 Å². The summed E-state index contributed by atoms with van der Waals surface area (Å²) in [6, 6.07) is -0.768. The van der Waals surface area contributed by atoms with Gasteiger partial charge in [0, 0.05) is 6.42 Å². The molecule has 438 valence electrons. The third-order valence-corrected chi connectivity index (χ3v) is 14.5. The van der Waals surface area contributed by atoms with Crippen molar-refractivity contribution in [2.24, 2.45) is 0 Å². The number of rotatable bonds is 56. The Hall–Kier alpha value is -2.84. The van der Waals surface area contributed by atoms with Crippen molar-refractivity contribution in [3.05, 3.63) is 109 Å². The van der Waals surface area contributed by atoms with Crippen LogP contribution in [-0.4, -0.2) is 73.4 Å². The zero-order valence-corrected chi connectivity index (χ0v) is 50.9. The van der Waals surface area contributed by atoms with Crippen LogP contribution in [0.3, 0.4) is 0 Å². The second kappa shape index (κ2) is 56.9. The maximum atomic E-state index is 13.0. The van der Waals surface area contributed by atoms with E-state index in [-0.39, 0.29) is 19.1 Å². The van der Waals surface area contributed by atoms with Crippen LogP contribution in [0.15, 0.2) is 109 Å². The summed E-state index contributed by atoms with van der Waals surface area (Å²) in [7, 11) is 1.61. The number of hydrogen-bond acceptors (Lipinski definition) is 5. The number of phosphoric acid groups is 1. The number of carbonyl (C=O) groups is 1.